The highest BCUT2D eigenvalue weighted by Gasteiger charge is 2.50. The van der Waals surface area contributed by atoms with Crippen molar-refractivity contribution >= 4 is 24.4 Å². The zero-order valence-corrected chi connectivity index (χ0v) is 28.7. The van der Waals surface area contributed by atoms with Gasteiger partial charge in [0.15, 0.2) is 30.9 Å². The molecule has 0 bridgehead atoms. The molecule has 0 saturated carbocycles. The molecular weight excluding hydrogens is 532 g/mol. The van der Waals surface area contributed by atoms with Gasteiger partial charge in [0.1, 0.15) is 0 Å². The predicted octanol–water partition coefficient (Wildman–Crippen LogP) is 9.03. The lowest BCUT2D eigenvalue weighted by molar-refractivity contribution is 0.177. The van der Waals surface area contributed by atoms with E-state index >= 15 is 0 Å². The molecule has 2 fully saturated rings. The molecule has 0 unspecified atom stereocenters. The van der Waals surface area contributed by atoms with E-state index in [1.165, 1.54) is 47.3 Å². The Balaban J connectivity index is 1.53. The van der Waals surface area contributed by atoms with Crippen LogP contribution in [0.15, 0.2) is 66.7 Å². The number of benzene rings is 3. The Labute approximate surface area is 266 Å². The zero-order valence-electron chi connectivity index (χ0n) is 28.7. The smallest absolute Gasteiger partial charge is 0.176 e. The summed E-state index contributed by atoms with van der Waals surface area (Å²) in [7, 11) is 0. The molecule has 0 amide bonds. The first-order chi connectivity index (χ1) is 20.5. The van der Waals surface area contributed by atoms with E-state index in [0.717, 1.165) is 34.2 Å². The standard InChI is InChI=1S/C39H49B2N3/c1-26-11-15-28(16-12-26)33-42-34(29-17-13-27(2)14-18-29)44-35(43-33)30-19-31(40-22-36(3,4)37(5,6)23-40)21-32(20-30)41-24-38(7,8)39(9,10)25-41/h11-21H,22-25H2,1-10H3. The van der Waals surface area contributed by atoms with Crippen LogP contribution in [0.1, 0.15) is 66.5 Å². The second-order valence-electron chi connectivity index (χ2n) is 16.7. The molecule has 4 aromatic rings. The van der Waals surface area contributed by atoms with Gasteiger partial charge in [-0.3, -0.25) is 0 Å². The van der Waals surface area contributed by atoms with Gasteiger partial charge in [0.2, 0.25) is 0 Å². The average Bonchev–Trinajstić information content (AvgIpc) is 3.32. The lowest BCUT2D eigenvalue weighted by atomic mass is 9.38. The van der Waals surface area contributed by atoms with E-state index in [1.807, 2.05) is 0 Å². The lowest BCUT2D eigenvalue weighted by Crippen LogP contribution is -2.36. The summed E-state index contributed by atoms with van der Waals surface area (Å²) < 4.78 is 0. The molecule has 2 aliphatic heterocycles. The van der Waals surface area contributed by atoms with Crippen molar-refractivity contribution in [3.05, 3.63) is 77.9 Å². The van der Waals surface area contributed by atoms with E-state index in [-0.39, 0.29) is 21.7 Å². The maximum absolute atomic E-state index is 5.17. The number of hydrogen-bond acceptors (Lipinski definition) is 3. The van der Waals surface area contributed by atoms with E-state index in [4.69, 9.17) is 15.0 Å². The quantitative estimate of drug-likeness (QED) is 0.221. The van der Waals surface area contributed by atoms with Crippen molar-refractivity contribution in [2.75, 3.05) is 0 Å². The third-order valence-electron chi connectivity index (χ3n) is 12.1. The van der Waals surface area contributed by atoms with Crippen molar-refractivity contribution < 1.29 is 0 Å². The minimum absolute atomic E-state index is 0.287. The SMILES string of the molecule is Cc1ccc(-c2nc(-c3ccc(C)cc3)nc(-c3cc(B4CC(C)(C)C(C)(C)C4)cc(B4CC(C)(C)C(C)(C)C4)c3)n2)cc1. The van der Waals surface area contributed by atoms with Crippen LogP contribution in [0.5, 0.6) is 0 Å². The second kappa shape index (κ2) is 10.7. The zero-order chi connectivity index (χ0) is 31.7. The fourth-order valence-corrected chi connectivity index (χ4v) is 7.63. The van der Waals surface area contributed by atoms with Gasteiger partial charge in [0, 0.05) is 16.7 Å². The topological polar surface area (TPSA) is 38.7 Å². The lowest BCUT2D eigenvalue weighted by Gasteiger charge is -2.35. The second-order valence-corrected chi connectivity index (χ2v) is 16.7. The van der Waals surface area contributed by atoms with Crippen molar-refractivity contribution in [1.29, 1.82) is 0 Å². The van der Waals surface area contributed by atoms with E-state index < -0.39 is 0 Å². The summed E-state index contributed by atoms with van der Waals surface area (Å²) in [6.07, 6.45) is 4.80. The largest absolute Gasteiger partial charge is 0.208 e. The van der Waals surface area contributed by atoms with Crippen LogP contribution < -0.4 is 10.9 Å². The van der Waals surface area contributed by atoms with E-state index in [2.05, 4.69) is 136 Å². The molecule has 0 N–H and O–H groups in total. The minimum Gasteiger partial charge on any atom is -0.208 e. The normalized spacial score (nSPS) is 19.9. The molecule has 0 aliphatic carbocycles. The first-order valence-corrected chi connectivity index (χ1v) is 16.6. The third kappa shape index (κ3) is 5.68. The van der Waals surface area contributed by atoms with Gasteiger partial charge in [0.25, 0.3) is 0 Å². The third-order valence-corrected chi connectivity index (χ3v) is 12.1. The van der Waals surface area contributed by atoms with Crippen LogP contribution in [0, 0.1) is 35.5 Å². The van der Waals surface area contributed by atoms with Gasteiger partial charge in [0.05, 0.1) is 0 Å². The summed E-state index contributed by atoms with van der Waals surface area (Å²) >= 11 is 0. The number of aromatic nitrogens is 3. The van der Waals surface area contributed by atoms with Gasteiger partial charge in [-0.2, -0.15) is 0 Å². The maximum Gasteiger partial charge on any atom is 0.176 e. The molecule has 44 heavy (non-hydrogen) atoms. The van der Waals surface area contributed by atoms with Crippen molar-refractivity contribution in [3.63, 3.8) is 0 Å². The summed E-state index contributed by atoms with van der Waals surface area (Å²) in [4.78, 5) is 15.4. The summed E-state index contributed by atoms with van der Waals surface area (Å²) in [6.45, 7) is 24.9. The van der Waals surface area contributed by atoms with Crippen molar-refractivity contribution in [2.24, 2.45) is 21.7 Å². The predicted molar refractivity (Wildman–Crippen MR) is 191 cm³/mol. The number of rotatable bonds is 5. The van der Waals surface area contributed by atoms with E-state index in [1.54, 1.807) is 0 Å². The molecule has 3 aromatic carbocycles. The van der Waals surface area contributed by atoms with Crippen molar-refractivity contribution in [3.8, 4) is 34.2 Å². The van der Waals surface area contributed by atoms with Crippen LogP contribution in [0.25, 0.3) is 34.2 Å². The Kier molecular flexibility index (Phi) is 7.50. The molecule has 3 nitrogen and oxygen atoms in total. The molecule has 6 rings (SSSR count). The molecule has 226 valence electrons. The van der Waals surface area contributed by atoms with Crippen LogP contribution in [0.4, 0.5) is 0 Å². The highest BCUT2D eigenvalue weighted by molar-refractivity contribution is 6.77. The van der Waals surface area contributed by atoms with Crippen LogP contribution in [0.3, 0.4) is 0 Å². The van der Waals surface area contributed by atoms with Gasteiger partial charge in [-0.25, -0.2) is 15.0 Å². The first-order valence-electron chi connectivity index (χ1n) is 16.6. The van der Waals surface area contributed by atoms with Gasteiger partial charge in [-0.05, 0) is 35.5 Å². The van der Waals surface area contributed by atoms with Crippen molar-refractivity contribution in [2.45, 2.75) is 94.5 Å². The van der Waals surface area contributed by atoms with Gasteiger partial charge < -0.3 is 0 Å². The van der Waals surface area contributed by atoms with Crippen LogP contribution in [-0.2, 0) is 0 Å². The molecular formula is C39H49B2N3. The van der Waals surface area contributed by atoms with Crippen LogP contribution in [0.2, 0.25) is 25.3 Å². The molecule has 3 heterocycles. The number of nitrogens with zero attached hydrogens (tertiary/aromatic N) is 3. The summed E-state index contributed by atoms with van der Waals surface area (Å²) in [5.41, 5.74) is 9.65. The summed E-state index contributed by atoms with van der Waals surface area (Å²) in [5, 5.41) is 0. The average molecular weight is 581 g/mol. The molecule has 2 aliphatic rings. The fraction of sp³-hybridized carbons (Fsp3) is 0.462. The van der Waals surface area contributed by atoms with Crippen LogP contribution in [-0.4, -0.2) is 28.4 Å². The van der Waals surface area contributed by atoms with Gasteiger partial charge >= 0.3 is 0 Å². The fourth-order valence-electron chi connectivity index (χ4n) is 7.63. The Morgan fingerprint density at radius 3 is 1.05 bits per heavy atom. The van der Waals surface area contributed by atoms with E-state index in [9.17, 15) is 0 Å². The Morgan fingerprint density at radius 1 is 0.432 bits per heavy atom. The molecule has 0 spiro atoms. The van der Waals surface area contributed by atoms with Gasteiger partial charge in [-0.1, -0.05) is 169 Å². The number of aryl methyl sites for hydroxylation is 2. The highest BCUT2D eigenvalue weighted by atomic mass is 15.0. The molecule has 0 atom stereocenters. The molecule has 0 radical (unpaired) electrons. The molecule has 1 aromatic heterocycles. The maximum atomic E-state index is 5.17. The van der Waals surface area contributed by atoms with E-state index in [0.29, 0.717) is 13.4 Å². The van der Waals surface area contributed by atoms with Crippen molar-refractivity contribution in [1.82, 2.24) is 15.0 Å². The minimum atomic E-state index is 0.287. The van der Waals surface area contributed by atoms with Gasteiger partial charge in [-0.15, -0.1) is 0 Å². The Bertz CT molecular complexity index is 1530. The monoisotopic (exact) mass is 581 g/mol. The first kappa shape index (κ1) is 30.8. The molecule has 2 saturated heterocycles. The summed E-state index contributed by atoms with van der Waals surface area (Å²) in [5.74, 6) is 2.22. The Hall–Kier alpha value is -3.20. The number of hydrogen-bond donors (Lipinski definition) is 0. The highest BCUT2D eigenvalue weighted by Crippen LogP contribution is 2.54. The van der Waals surface area contributed by atoms with Crippen LogP contribution >= 0.6 is 0 Å². The Morgan fingerprint density at radius 2 is 0.727 bits per heavy atom. The molecule has 5 heteroatoms. The summed E-state index contributed by atoms with van der Waals surface area (Å²) in [6, 6.07) is 24.4.